The zero-order valence-electron chi connectivity index (χ0n) is 18.1. The smallest absolute Gasteiger partial charge is 0.412 e. The highest BCUT2D eigenvalue weighted by molar-refractivity contribution is 5.73. The molecule has 4 amide bonds. The second kappa shape index (κ2) is 12.3. The van der Waals surface area contributed by atoms with E-state index >= 15 is 0 Å². The SMILES string of the molecule is CC(=O)N(C)CCNC(=O)Oc1ccc(COC(=O)N(C)CCN(C)C(C)=O)cc1. The molecule has 0 bridgehead atoms. The number of nitrogens with zero attached hydrogens (tertiary/aromatic N) is 3. The van der Waals surface area contributed by atoms with E-state index < -0.39 is 12.2 Å². The van der Waals surface area contributed by atoms with Crippen LogP contribution >= 0.6 is 0 Å². The Morgan fingerprint density at radius 3 is 1.93 bits per heavy atom. The zero-order chi connectivity index (χ0) is 22.7. The first-order valence-corrected chi connectivity index (χ1v) is 9.46. The summed E-state index contributed by atoms with van der Waals surface area (Å²) in [6.07, 6.45) is -1.12. The van der Waals surface area contributed by atoms with Crippen LogP contribution in [-0.4, -0.2) is 86.0 Å². The molecule has 0 aromatic heterocycles. The van der Waals surface area contributed by atoms with Crippen molar-refractivity contribution in [2.45, 2.75) is 20.5 Å². The molecule has 0 fully saturated rings. The molecular formula is C20H30N4O6. The Labute approximate surface area is 176 Å². The first kappa shape index (κ1) is 24.7. The first-order valence-electron chi connectivity index (χ1n) is 9.46. The molecule has 1 aromatic rings. The summed E-state index contributed by atoms with van der Waals surface area (Å²) < 4.78 is 10.4. The molecule has 0 aliphatic carbocycles. The van der Waals surface area contributed by atoms with Gasteiger partial charge >= 0.3 is 12.2 Å². The van der Waals surface area contributed by atoms with Crippen LogP contribution in [0, 0.1) is 0 Å². The van der Waals surface area contributed by atoms with Crippen molar-refractivity contribution in [2.75, 3.05) is 47.3 Å². The van der Waals surface area contributed by atoms with Gasteiger partial charge in [0.05, 0.1) is 0 Å². The number of rotatable bonds is 9. The molecule has 0 aliphatic rings. The van der Waals surface area contributed by atoms with Crippen molar-refractivity contribution < 1.29 is 28.7 Å². The number of hydrogen-bond acceptors (Lipinski definition) is 6. The van der Waals surface area contributed by atoms with Crippen LogP contribution < -0.4 is 10.1 Å². The van der Waals surface area contributed by atoms with Crippen molar-refractivity contribution in [1.29, 1.82) is 0 Å². The van der Waals surface area contributed by atoms with Gasteiger partial charge in [0.15, 0.2) is 0 Å². The normalized spacial score (nSPS) is 10.0. The minimum absolute atomic E-state index is 0.0651. The van der Waals surface area contributed by atoms with Crippen LogP contribution in [0.5, 0.6) is 5.75 Å². The Balaban J connectivity index is 2.36. The van der Waals surface area contributed by atoms with E-state index in [0.717, 1.165) is 5.56 Å². The van der Waals surface area contributed by atoms with E-state index in [4.69, 9.17) is 9.47 Å². The van der Waals surface area contributed by atoms with Gasteiger partial charge in [0.25, 0.3) is 0 Å². The van der Waals surface area contributed by atoms with Crippen molar-refractivity contribution in [3.63, 3.8) is 0 Å². The van der Waals surface area contributed by atoms with Crippen LogP contribution in [0.1, 0.15) is 19.4 Å². The van der Waals surface area contributed by atoms with E-state index in [9.17, 15) is 19.2 Å². The van der Waals surface area contributed by atoms with Crippen molar-refractivity contribution in [3.8, 4) is 5.75 Å². The Bertz CT molecular complexity index is 737. The molecule has 0 saturated carbocycles. The Morgan fingerprint density at radius 1 is 0.833 bits per heavy atom. The van der Waals surface area contributed by atoms with E-state index in [2.05, 4.69) is 5.32 Å². The van der Waals surface area contributed by atoms with Gasteiger partial charge in [0.1, 0.15) is 12.4 Å². The molecular weight excluding hydrogens is 392 g/mol. The predicted octanol–water partition coefficient (Wildman–Crippen LogP) is 1.30. The third-order valence-corrected chi connectivity index (χ3v) is 4.37. The highest BCUT2D eigenvalue weighted by Crippen LogP contribution is 2.13. The summed E-state index contributed by atoms with van der Waals surface area (Å²) >= 11 is 0. The number of carbonyl (C=O) groups excluding carboxylic acids is 4. The molecule has 0 saturated heterocycles. The van der Waals surface area contributed by atoms with E-state index in [1.165, 1.54) is 28.5 Å². The monoisotopic (exact) mass is 422 g/mol. The Morgan fingerprint density at radius 2 is 1.37 bits per heavy atom. The largest absolute Gasteiger partial charge is 0.445 e. The lowest BCUT2D eigenvalue weighted by Gasteiger charge is -2.21. The summed E-state index contributed by atoms with van der Waals surface area (Å²) in [7, 11) is 4.90. The predicted molar refractivity (Wildman–Crippen MR) is 110 cm³/mol. The van der Waals surface area contributed by atoms with Crippen LogP contribution in [0.25, 0.3) is 0 Å². The van der Waals surface area contributed by atoms with Gasteiger partial charge in [0, 0.05) is 61.2 Å². The molecule has 0 radical (unpaired) electrons. The fourth-order valence-electron chi connectivity index (χ4n) is 2.08. The van der Waals surface area contributed by atoms with Gasteiger partial charge in [-0.15, -0.1) is 0 Å². The maximum Gasteiger partial charge on any atom is 0.412 e. The summed E-state index contributed by atoms with van der Waals surface area (Å²) in [6, 6.07) is 6.55. The van der Waals surface area contributed by atoms with Gasteiger partial charge in [-0.1, -0.05) is 12.1 Å². The highest BCUT2D eigenvalue weighted by Gasteiger charge is 2.12. The van der Waals surface area contributed by atoms with Gasteiger partial charge in [-0.05, 0) is 17.7 Å². The molecule has 1 aromatic carbocycles. The number of benzene rings is 1. The van der Waals surface area contributed by atoms with Crippen molar-refractivity contribution in [2.24, 2.45) is 0 Å². The molecule has 30 heavy (non-hydrogen) atoms. The summed E-state index contributed by atoms with van der Waals surface area (Å²) in [5.74, 6) is 0.180. The van der Waals surface area contributed by atoms with Gasteiger partial charge in [-0.3, -0.25) is 9.59 Å². The lowest BCUT2D eigenvalue weighted by atomic mass is 10.2. The molecule has 0 aliphatic heterocycles. The fraction of sp³-hybridized carbons (Fsp3) is 0.500. The van der Waals surface area contributed by atoms with Crippen molar-refractivity contribution >= 4 is 24.0 Å². The minimum atomic E-state index is -0.622. The van der Waals surface area contributed by atoms with Gasteiger partial charge in [-0.2, -0.15) is 0 Å². The van der Waals surface area contributed by atoms with Crippen LogP contribution in [0.4, 0.5) is 9.59 Å². The quantitative estimate of drug-likeness (QED) is 0.643. The number of hydrogen-bond donors (Lipinski definition) is 1. The lowest BCUT2D eigenvalue weighted by Crippen LogP contribution is -2.36. The molecule has 1 rings (SSSR count). The minimum Gasteiger partial charge on any atom is -0.445 e. The molecule has 0 unspecified atom stereocenters. The lowest BCUT2D eigenvalue weighted by molar-refractivity contribution is -0.128. The van der Waals surface area contributed by atoms with Crippen LogP contribution in [0.3, 0.4) is 0 Å². The summed E-state index contributed by atoms with van der Waals surface area (Å²) in [4.78, 5) is 50.4. The average molecular weight is 422 g/mol. The molecule has 0 heterocycles. The summed E-state index contributed by atoms with van der Waals surface area (Å²) in [6.45, 7) is 4.41. The molecule has 1 N–H and O–H groups in total. The number of nitrogens with one attached hydrogen (secondary N) is 1. The second-order valence-corrected chi connectivity index (χ2v) is 6.82. The molecule has 0 atom stereocenters. The Kier molecular flexibility index (Phi) is 10.1. The van der Waals surface area contributed by atoms with Crippen LogP contribution in [0.15, 0.2) is 24.3 Å². The van der Waals surface area contributed by atoms with E-state index in [-0.39, 0.29) is 25.0 Å². The number of carbonyl (C=O) groups is 4. The van der Waals surface area contributed by atoms with Crippen molar-refractivity contribution in [3.05, 3.63) is 29.8 Å². The number of likely N-dealkylation sites (N-methyl/N-ethyl adjacent to an activating group) is 3. The maximum atomic E-state index is 12.0. The fourth-order valence-corrected chi connectivity index (χ4v) is 2.08. The van der Waals surface area contributed by atoms with Gasteiger partial charge < -0.3 is 29.5 Å². The Hall–Kier alpha value is -3.30. The number of ether oxygens (including phenoxy) is 2. The van der Waals surface area contributed by atoms with Crippen molar-refractivity contribution in [1.82, 2.24) is 20.0 Å². The van der Waals surface area contributed by atoms with E-state index in [0.29, 0.717) is 25.4 Å². The maximum absolute atomic E-state index is 12.0. The van der Waals surface area contributed by atoms with Gasteiger partial charge in [-0.25, -0.2) is 9.59 Å². The molecule has 166 valence electrons. The highest BCUT2D eigenvalue weighted by atomic mass is 16.6. The average Bonchev–Trinajstić information content (AvgIpc) is 2.70. The van der Waals surface area contributed by atoms with Crippen LogP contribution in [0.2, 0.25) is 0 Å². The third kappa shape index (κ3) is 9.26. The van der Waals surface area contributed by atoms with Crippen LogP contribution in [-0.2, 0) is 20.9 Å². The summed E-state index contributed by atoms with van der Waals surface area (Å²) in [5.41, 5.74) is 0.730. The first-order chi connectivity index (χ1) is 14.1. The third-order valence-electron chi connectivity index (χ3n) is 4.37. The van der Waals surface area contributed by atoms with Gasteiger partial charge in [0.2, 0.25) is 11.8 Å². The van der Waals surface area contributed by atoms with E-state index in [1.54, 1.807) is 45.4 Å². The molecule has 10 heteroatoms. The summed E-state index contributed by atoms with van der Waals surface area (Å²) in [5, 5.41) is 2.56. The van der Waals surface area contributed by atoms with E-state index in [1.807, 2.05) is 0 Å². The molecule has 10 nitrogen and oxygen atoms in total. The second-order valence-electron chi connectivity index (χ2n) is 6.82. The zero-order valence-corrected chi connectivity index (χ0v) is 18.1. The standard InChI is InChI=1S/C20H30N4O6/c1-15(25)22(3)11-10-21-19(27)30-18-8-6-17(7-9-18)14-29-20(28)24(5)13-12-23(4)16(2)26/h6-9H,10-14H2,1-5H3,(H,21,27). The molecule has 0 spiro atoms. The topological polar surface area (TPSA) is 108 Å². The number of amides is 4.